The van der Waals surface area contributed by atoms with E-state index in [2.05, 4.69) is 9.98 Å². The van der Waals surface area contributed by atoms with Gasteiger partial charge in [-0.3, -0.25) is 9.98 Å². The molecular formula is C22H28N2O6. The van der Waals surface area contributed by atoms with E-state index in [9.17, 15) is 0 Å². The summed E-state index contributed by atoms with van der Waals surface area (Å²) in [4.78, 5) is 8.85. The second-order valence-electron chi connectivity index (χ2n) is 5.92. The number of hydrogen-bond acceptors (Lipinski definition) is 8. The third-order valence-corrected chi connectivity index (χ3v) is 4.29. The maximum absolute atomic E-state index is 5.45. The lowest BCUT2D eigenvalue weighted by Gasteiger charge is -2.13. The van der Waals surface area contributed by atoms with Gasteiger partial charge in [-0.1, -0.05) is 0 Å². The Bertz CT molecular complexity index is 822. The van der Waals surface area contributed by atoms with Gasteiger partial charge in [0.05, 0.1) is 55.7 Å². The van der Waals surface area contributed by atoms with Gasteiger partial charge < -0.3 is 28.4 Å². The summed E-state index contributed by atoms with van der Waals surface area (Å²) in [5.41, 5.74) is 1.58. The molecule has 0 aliphatic carbocycles. The van der Waals surface area contributed by atoms with Crippen LogP contribution in [-0.4, -0.2) is 68.2 Å². The van der Waals surface area contributed by atoms with E-state index in [0.29, 0.717) is 47.6 Å². The molecule has 30 heavy (non-hydrogen) atoms. The number of rotatable bonds is 11. The second kappa shape index (κ2) is 11.5. The first-order valence-electron chi connectivity index (χ1n) is 9.22. The summed E-state index contributed by atoms with van der Waals surface area (Å²) in [6.45, 7) is 1.01. The van der Waals surface area contributed by atoms with Gasteiger partial charge in [0.2, 0.25) is 11.5 Å². The van der Waals surface area contributed by atoms with Crippen molar-refractivity contribution in [2.75, 3.05) is 55.7 Å². The third kappa shape index (κ3) is 5.14. The summed E-state index contributed by atoms with van der Waals surface area (Å²) in [5, 5.41) is 0. The number of methoxy groups -OCH3 is 6. The van der Waals surface area contributed by atoms with E-state index in [0.717, 1.165) is 11.1 Å². The molecule has 0 aliphatic heterocycles. The van der Waals surface area contributed by atoms with Crippen LogP contribution in [0.3, 0.4) is 0 Å². The predicted molar refractivity (Wildman–Crippen MR) is 117 cm³/mol. The van der Waals surface area contributed by atoms with Gasteiger partial charge in [0.25, 0.3) is 0 Å². The molecule has 0 fully saturated rings. The van der Waals surface area contributed by atoms with Crippen LogP contribution in [0.1, 0.15) is 11.1 Å². The van der Waals surface area contributed by atoms with E-state index in [-0.39, 0.29) is 0 Å². The van der Waals surface area contributed by atoms with E-state index < -0.39 is 0 Å². The summed E-state index contributed by atoms with van der Waals surface area (Å²) in [5.74, 6) is 3.39. The normalized spacial score (nSPS) is 11.0. The predicted octanol–water partition coefficient (Wildman–Crippen LogP) is 3.28. The fourth-order valence-corrected chi connectivity index (χ4v) is 2.89. The zero-order valence-electron chi connectivity index (χ0n) is 18.2. The van der Waals surface area contributed by atoms with E-state index in [1.165, 1.54) is 0 Å². The van der Waals surface area contributed by atoms with E-state index in [1.807, 2.05) is 24.3 Å². The standard InChI is InChI=1S/C22H28N2O6/c1-25-17-9-7-15(19(27-3)21(17)29-5)13-23-11-12-24-14-16-8-10-18(26-2)22(30-6)20(16)28-4/h7-10,13-14H,11-12H2,1-6H3. The van der Waals surface area contributed by atoms with Crippen molar-refractivity contribution in [2.45, 2.75) is 0 Å². The van der Waals surface area contributed by atoms with Gasteiger partial charge in [0, 0.05) is 23.6 Å². The molecule has 0 heterocycles. The molecule has 2 aromatic rings. The van der Waals surface area contributed by atoms with E-state index in [4.69, 9.17) is 28.4 Å². The van der Waals surface area contributed by atoms with Crippen LogP contribution in [-0.2, 0) is 0 Å². The molecule has 162 valence electrons. The van der Waals surface area contributed by atoms with Crippen molar-refractivity contribution < 1.29 is 28.4 Å². The van der Waals surface area contributed by atoms with Crippen molar-refractivity contribution in [3.8, 4) is 34.5 Å². The molecule has 0 aliphatic rings. The number of hydrogen-bond donors (Lipinski definition) is 0. The van der Waals surface area contributed by atoms with Gasteiger partial charge in [-0.05, 0) is 24.3 Å². The Morgan fingerprint density at radius 1 is 0.533 bits per heavy atom. The van der Waals surface area contributed by atoms with Crippen LogP contribution in [0.15, 0.2) is 34.3 Å². The zero-order valence-corrected chi connectivity index (χ0v) is 18.2. The highest BCUT2D eigenvalue weighted by atomic mass is 16.5. The van der Waals surface area contributed by atoms with Crippen molar-refractivity contribution in [1.29, 1.82) is 0 Å². The Morgan fingerprint density at radius 3 is 1.20 bits per heavy atom. The van der Waals surface area contributed by atoms with Gasteiger partial charge in [0.15, 0.2) is 23.0 Å². The van der Waals surface area contributed by atoms with Gasteiger partial charge in [0.1, 0.15) is 0 Å². The first-order valence-corrected chi connectivity index (χ1v) is 9.22. The molecule has 0 aromatic heterocycles. The molecule has 0 N–H and O–H groups in total. The molecule has 0 atom stereocenters. The van der Waals surface area contributed by atoms with Gasteiger partial charge in [-0.15, -0.1) is 0 Å². The second-order valence-corrected chi connectivity index (χ2v) is 5.92. The van der Waals surface area contributed by atoms with Crippen LogP contribution in [0.4, 0.5) is 0 Å². The number of nitrogens with zero attached hydrogens (tertiary/aromatic N) is 2. The van der Waals surface area contributed by atoms with Crippen LogP contribution < -0.4 is 28.4 Å². The molecule has 0 bridgehead atoms. The fourth-order valence-electron chi connectivity index (χ4n) is 2.89. The Balaban J connectivity index is 2.07. The molecule has 0 spiro atoms. The van der Waals surface area contributed by atoms with Crippen LogP contribution >= 0.6 is 0 Å². The quantitative estimate of drug-likeness (QED) is 0.413. The minimum atomic E-state index is 0.504. The molecule has 0 saturated heterocycles. The Hall–Kier alpha value is -3.42. The average Bonchev–Trinajstić information content (AvgIpc) is 2.79. The SMILES string of the molecule is COc1ccc(C=NCCN=Cc2ccc(OC)c(OC)c2OC)c(OC)c1OC. The van der Waals surface area contributed by atoms with E-state index in [1.54, 1.807) is 55.1 Å². The lowest BCUT2D eigenvalue weighted by molar-refractivity contribution is 0.324. The minimum Gasteiger partial charge on any atom is -0.493 e. The molecule has 2 aromatic carbocycles. The van der Waals surface area contributed by atoms with E-state index >= 15 is 0 Å². The van der Waals surface area contributed by atoms with Gasteiger partial charge in [-0.2, -0.15) is 0 Å². The van der Waals surface area contributed by atoms with Crippen molar-refractivity contribution in [2.24, 2.45) is 9.98 Å². The molecule has 8 heteroatoms. The molecule has 8 nitrogen and oxygen atoms in total. The van der Waals surface area contributed by atoms with Crippen LogP contribution in [0.2, 0.25) is 0 Å². The fraction of sp³-hybridized carbons (Fsp3) is 0.364. The van der Waals surface area contributed by atoms with Crippen molar-refractivity contribution >= 4 is 12.4 Å². The lowest BCUT2D eigenvalue weighted by Crippen LogP contribution is -1.99. The maximum atomic E-state index is 5.45. The highest BCUT2D eigenvalue weighted by Crippen LogP contribution is 2.39. The molecule has 0 unspecified atom stereocenters. The molecular weight excluding hydrogens is 388 g/mol. The van der Waals surface area contributed by atoms with Crippen LogP contribution in [0, 0.1) is 0 Å². The summed E-state index contributed by atoms with van der Waals surface area (Å²) in [6.07, 6.45) is 3.46. The van der Waals surface area contributed by atoms with Crippen LogP contribution in [0.25, 0.3) is 0 Å². The van der Waals surface area contributed by atoms with Crippen molar-refractivity contribution in [3.05, 3.63) is 35.4 Å². The number of ether oxygens (including phenoxy) is 6. The van der Waals surface area contributed by atoms with Crippen molar-refractivity contribution in [1.82, 2.24) is 0 Å². The summed E-state index contributed by atoms with van der Waals surface area (Å²) >= 11 is 0. The number of benzene rings is 2. The Morgan fingerprint density at radius 2 is 0.900 bits per heavy atom. The first kappa shape index (κ1) is 22.9. The highest BCUT2D eigenvalue weighted by molar-refractivity contribution is 5.87. The average molecular weight is 416 g/mol. The monoisotopic (exact) mass is 416 g/mol. The lowest BCUT2D eigenvalue weighted by atomic mass is 10.2. The van der Waals surface area contributed by atoms with Crippen LogP contribution in [0.5, 0.6) is 34.5 Å². The van der Waals surface area contributed by atoms with Gasteiger partial charge >= 0.3 is 0 Å². The van der Waals surface area contributed by atoms with Gasteiger partial charge in [-0.25, -0.2) is 0 Å². The minimum absolute atomic E-state index is 0.504. The highest BCUT2D eigenvalue weighted by Gasteiger charge is 2.15. The topological polar surface area (TPSA) is 80.1 Å². The third-order valence-electron chi connectivity index (χ3n) is 4.29. The largest absolute Gasteiger partial charge is 0.493 e. The first-order chi connectivity index (χ1) is 14.6. The summed E-state index contributed by atoms with van der Waals surface area (Å²) in [7, 11) is 9.45. The zero-order chi connectivity index (χ0) is 21.9. The number of aliphatic imine (C=N–C) groups is 2. The summed E-state index contributed by atoms with van der Waals surface area (Å²) < 4.78 is 32.2. The van der Waals surface area contributed by atoms with Crippen molar-refractivity contribution in [3.63, 3.8) is 0 Å². The molecule has 0 amide bonds. The smallest absolute Gasteiger partial charge is 0.203 e. The summed E-state index contributed by atoms with van der Waals surface area (Å²) in [6, 6.07) is 7.34. The Kier molecular flexibility index (Phi) is 8.80. The molecule has 0 saturated carbocycles. The Labute approximate surface area is 177 Å². The molecule has 0 radical (unpaired) electrons. The maximum Gasteiger partial charge on any atom is 0.203 e. The molecule has 2 rings (SSSR count).